The molecule has 12 heteroatoms. The summed E-state index contributed by atoms with van der Waals surface area (Å²) in [5.41, 5.74) is 2.85. The number of benzene rings is 1. The van der Waals surface area contributed by atoms with Crippen molar-refractivity contribution in [2.45, 2.75) is 50.9 Å². The van der Waals surface area contributed by atoms with Gasteiger partial charge in [0.15, 0.2) is 34.7 Å². The number of hydrogen-bond acceptors (Lipinski definition) is 10. The Hall–Kier alpha value is -4.16. The smallest absolute Gasteiger partial charge is 0.418 e. The van der Waals surface area contributed by atoms with Crippen LogP contribution >= 0.6 is 0 Å². The molecule has 4 N–H and O–H groups in total. The molecule has 2 saturated carbocycles. The lowest BCUT2D eigenvalue weighted by atomic mass is 9.52. The lowest BCUT2D eigenvalue weighted by molar-refractivity contribution is -0.181. The first-order valence-corrected chi connectivity index (χ1v) is 13.6. The van der Waals surface area contributed by atoms with Gasteiger partial charge in [0.2, 0.25) is 5.91 Å². The van der Waals surface area contributed by atoms with Gasteiger partial charge in [-0.2, -0.15) is 0 Å². The predicted molar refractivity (Wildman–Crippen MR) is 146 cm³/mol. The second-order valence-electron chi connectivity index (χ2n) is 12.5. The SMILES string of the molecule is CN(C)[C@H]1C(=O)C(C(N)=O)C(=O)[C@]2(O)C(=O)C3C(=O)c4c(O)ccc(-c5cccn5C(=O)OC(C)(C)C)c4C[C@@H]3C[C@H]12. The molecule has 0 radical (unpaired) electrons. The average molecular weight is 580 g/mol. The first kappa shape index (κ1) is 29.3. The molecule has 3 aliphatic rings. The van der Waals surface area contributed by atoms with Crippen molar-refractivity contribution in [3.05, 3.63) is 41.6 Å². The fourth-order valence-corrected chi connectivity index (χ4v) is 6.92. The highest BCUT2D eigenvalue weighted by Gasteiger charge is 2.69. The third-order valence-corrected chi connectivity index (χ3v) is 8.56. The molecule has 0 bridgehead atoms. The van der Waals surface area contributed by atoms with Gasteiger partial charge in [-0.1, -0.05) is 0 Å². The second kappa shape index (κ2) is 9.70. The third kappa shape index (κ3) is 4.19. The van der Waals surface area contributed by atoms with E-state index < -0.39 is 81.8 Å². The molecular weight excluding hydrogens is 546 g/mol. The number of aliphatic hydroxyl groups is 1. The summed E-state index contributed by atoms with van der Waals surface area (Å²) in [6.45, 7) is 5.18. The summed E-state index contributed by atoms with van der Waals surface area (Å²) < 4.78 is 6.80. The molecule has 2 unspecified atom stereocenters. The standard InChI is InChI=1S/C30H33N3O9/c1-29(2,3)42-28(40)33-10-6-7-17(33)14-8-9-18(34)20-15(14)11-13-12-16-22(32(4)5)24(36)21(27(31)39)26(38)30(16,41)25(37)19(13)23(20)35/h6-10,13,16,19,21-22,34,41H,11-12H2,1-5H3,(H2,31,39)/t13-,16-,19?,21?,22-,30-/m1/s1. The summed E-state index contributed by atoms with van der Waals surface area (Å²) >= 11 is 0. The zero-order chi connectivity index (χ0) is 31.0. The number of Topliss-reactive ketones (excluding diaryl/α,β-unsaturated/α-hetero) is 4. The number of ether oxygens (including phenoxy) is 1. The maximum absolute atomic E-state index is 14.0. The number of likely N-dealkylation sites (N-methyl/N-ethyl adjacent to an activating group) is 1. The Bertz CT molecular complexity index is 1570. The van der Waals surface area contributed by atoms with E-state index in [4.69, 9.17) is 10.5 Å². The number of primary amides is 1. The Morgan fingerprint density at radius 1 is 1.10 bits per heavy atom. The van der Waals surface area contributed by atoms with Crippen LogP contribution in [0.2, 0.25) is 0 Å². The molecule has 1 amide bonds. The number of aromatic hydroxyl groups is 1. The second-order valence-corrected chi connectivity index (χ2v) is 12.5. The van der Waals surface area contributed by atoms with Gasteiger partial charge in [-0.05, 0) is 83.5 Å². The van der Waals surface area contributed by atoms with E-state index in [0.29, 0.717) is 16.8 Å². The van der Waals surface area contributed by atoms with Gasteiger partial charge in [-0.15, -0.1) is 0 Å². The Morgan fingerprint density at radius 3 is 2.36 bits per heavy atom. The van der Waals surface area contributed by atoms with E-state index in [1.54, 1.807) is 39.0 Å². The number of ketones is 4. The number of nitrogens with two attached hydrogens (primary N) is 1. The molecule has 0 spiro atoms. The van der Waals surface area contributed by atoms with Crippen molar-refractivity contribution in [3.8, 4) is 17.0 Å². The van der Waals surface area contributed by atoms with Gasteiger partial charge in [-0.3, -0.25) is 33.4 Å². The molecule has 222 valence electrons. The number of carbonyl (C=O) groups is 6. The van der Waals surface area contributed by atoms with Gasteiger partial charge >= 0.3 is 6.09 Å². The lowest BCUT2D eigenvalue weighted by Gasteiger charge is -2.52. The quantitative estimate of drug-likeness (QED) is 0.445. The van der Waals surface area contributed by atoms with Crippen LogP contribution in [0.4, 0.5) is 4.79 Å². The number of aromatic nitrogens is 1. The number of amides is 1. The van der Waals surface area contributed by atoms with Crippen LogP contribution in [-0.2, 0) is 30.3 Å². The maximum Gasteiger partial charge on any atom is 0.418 e. The number of fused-ring (bicyclic) bond motifs is 3. The molecule has 3 aliphatic carbocycles. The van der Waals surface area contributed by atoms with Crippen LogP contribution in [0.1, 0.15) is 43.1 Å². The molecule has 0 aliphatic heterocycles. The van der Waals surface area contributed by atoms with Gasteiger partial charge in [-0.25, -0.2) is 4.79 Å². The zero-order valence-electron chi connectivity index (χ0n) is 23.9. The van der Waals surface area contributed by atoms with E-state index in [1.807, 2.05) is 0 Å². The summed E-state index contributed by atoms with van der Waals surface area (Å²) in [7, 11) is 3.05. The molecule has 1 aromatic heterocycles. The van der Waals surface area contributed by atoms with Gasteiger partial charge in [0.05, 0.1) is 23.2 Å². The summed E-state index contributed by atoms with van der Waals surface area (Å²) in [4.78, 5) is 81.1. The Labute approximate surface area is 241 Å². The van der Waals surface area contributed by atoms with E-state index in [2.05, 4.69) is 0 Å². The highest BCUT2D eigenvalue weighted by molar-refractivity contribution is 6.32. The van der Waals surface area contributed by atoms with Crippen molar-refractivity contribution in [2.75, 3.05) is 14.1 Å². The van der Waals surface area contributed by atoms with Gasteiger partial charge in [0.1, 0.15) is 11.4 Å². The van der Waals surface area contributed by atoms with Crippen LogP contribution in [0.5, 0.6) is 5.75 Å². The van der Waals surface area contributed by atoms with Crippen molar-refractivity contribution >= 4 is 35.1 Å². The fraction of sp³-hybridized carbons (Fsp3) is 0.467. The van der Waals surface area contributed by atoms with Crippen LogP contribution in [-0.4, -0.2) is 86.2 Å². The predicted octanol–water partition coefficient (Wildman–Crippen LogP) is 1.12. The average Bonchev–Trinajstić information content (AvgIpc) is 3.35. The molecule has 2 aromatic rings. The molecule has 6 atom stereocenters. The minimum Gasteiger partial charge on any atom is -0.507 e. The fourth-order valence-electron chi connectivity index (χ4n) is 6.92. The van der Waals surface area contributed by atoms with E-state index in [-0.39, 0.29) is 18.4 Å². The number of phenolic OH excluding ortho intramolecular Hbond substituents is 1. The number of phenols is 1. The number of nitrogens with zero attached hydrogens (tertiary/aromatic N) is 2. The minimum absolute atomic E-state index is 0.0646. The highest BCUT2D eigenvalue weighted by Crippen LogP contribution is 2.51. The summed E-state index contributed by atoms with van der Waals surface area (Å²) in [6.07, 6.45) is 0.844. The molecule has 42 heavy (non-hydrogen) atoms. The maximum atomic E-state index is 14.0. The first-order chi connectivity index (χ1) is 19.5. The molecule has 12 nitrogen and oxygen atoms in total. The molecule has 1 heterocycles. The van der Waals surface area contributed by atoms with Crippen molar-refractivity contribution in [1.82, 2.24) is 9.47 Å². The monoisotopic (exact) mass is 579 g/mol. The Morgan fingerprint density at radius 2 is 1.76 bits per heavy atom. The minimum atomic E-state index is -2.80. The van der Waals surface area contributed by atoms with Crippen LogP contribution in [0.3, 0.4) is 0 Å². The van der Waals surface area contributed by atoms with Crippen molar-refractivity contribution in [2.24, 2.45) is 29.4 Å². The largest absolute Gasteiger partial charge is 0.507 e. The van der Waals surface area contributed by atoms with Crippen molar-refractivity contribution < 1.29 is 43.7 Å². The summed E-state index contributed by atoms with van der Waals surface area (Å²) in [6, 6.07) is 4.93. The van der Waals surface area contributed by atoms with E-state index >= 15 is 0 Å². The van der Waals surface area contributed by atoms with Crippen LogP contribution in [0.15, 0.2) is 30.5 Å². The number of carbonyl (C=O) groups excluding carboxylic acids is 6. The Kier molecular flexibility index (Phi) is 6.78. The van der Waals surface area contributed by atoms with Gasteiger partial charge < -0.3 is 20.7 Å². The van der Waals surface area contributed by atoms with Crippen LogP contribution < -0.4 is 5.73 Å². The van der Waals surface area contributed by atoms with Gasteiger partial charge in [0, 0.05) is 17.7 Å². The van der Waals surface area contributed by atoms with E-state index in [0.717, 1.165) is 0 Å². The molecule has 1 aromatic carbocycles. The third-order valence-electron chi connectivity index (χ3n) is 8.56. The lowest BCUT2D eigenvalue weighted by Crippen LogP contribution is -2.74. The number of hydrogen-bond donors (Lipinski definition) is 3. The van der Waals surface area contributed by atoms with Crippen molar-refractivity contribution in [1.29, 1.82) is 0 Å². The molecular formula is C30H33N3O9. The summed E-state index contributed by atoms with van der Waals surface area (Å²) in [5.74, 6) is -11.3. The van der Waals surface area contributed by atoms with Crippen molar-refractivity contribution in [3.63, 3.8) is 0 Å². The highest BCUT2D eigenvalue weighted by atomic mass is 16.6. The molecule has 2 fully saturated rings. The van der Waals surface area contributed by atoms with Crippen LogP contribution in [0.25, 0.3) is 11.3 Å². The number of rotatable bonds is 3. The van der Waals surface area contributed by atoms with E-state index in [1.165, 1.54) is 35.8 Å². The summed E-state index contributed by atoms with van der Waals surface area (Å²) in [5, 5.41) is 22.5. The van der Waals surface area contributed by atoms with E-state index in [9.17, 15) is 39.0 Å². The Balaban J connectivity index is 1.63. The first-order valence-electron chi connectivity index (χ1n) is 13.6. The zero-order valence-corrected chi connectivity index (χ0v) is 23.9. The molecule has 0 saturated heterocycles. The molecule has 5 rings (SSSR count). The topological polar surface area (TPSA) is 186 Å². The van der Waals surface area contributed by atoms with Gasteiger partial charge in [0.25, 0.3) is 0 Å². The normalized spacial score (nSPS) is 29.2. The van der Waals surface area contributed by atoms with Crippen LogP contribution in [0, 0.1) is 23.7 Å².